The van der Waals surface area contributed by atoms with Crippen molar-refractivity contribution in [2.45, 2.75) is 56.7 Å². The van der Waals surface area contributed by atoms with Crippen LogP contribution in [0.25, 0.3) is 0 Å². The van der Waals surface area contributed by atoms with Gasteiger partial charge in [-0.25, -0.2) is 4.79 Å². The minimum atomic E-state index is -0.904. The van der Waals surface area contributed by atoms with Crippen molar-refractivity contribution >= 4 is 5.97 Å². The number of rotatable bonds is 0. The quantitative estimate of drug-likeness (QED) is 0.384. The first-order valence-electron chi connectivity index (χ1n) is 6.65. The number of fused-ring (bicyclic) bond motifs is 1. The summed E-state index contributed by atoms with van der Waals surface area (Å²) in [7, 11) is 0. The molecule has 0 aromatic heterocycles. The smallest absolute Gasteiger partial charge is 0.330 e. The second kappa shape index (κ2) is 6.32. The maximum atomic E-state index is 11.5. The third kappa shape index (κ3) is 4.16. The van der Waals surface area contributed by atoms with E-state index in [4.69, 9.17) is 9.47 Å². The molecule has 0 saturated carbocycles. The number of carbonyl (C=O) groups excluding carboxylic acids is 1. The highest BCUT2D eigenvalue weighted by Crippen LogP contribution is 2.30. The molecule has 5 unspecified atom stereocenters. The Morgan fingerprint density at radius 3 is 2.63 bits per heavy atom. The van der Waals surface area contributed by atoms with E-state index < -0.39 is 30.4 Å². The lowest BCUT2D eigenvalue weighted by Gasteiger charge is -2.11. The monoisotopic (exact) mass is 268 g/mol. The second-order valence-corrected chi connectivity index (χ2v) is 5.01. The van der Waals surface area contributed by atoms with Crippen LogP contribution < -0.4 is 0 Å². The lowest BCUT2D eigenvalue weighted by Crippen LogP contribution is -2.21. The van der Waals surface area contributed by atoms with Gasteiger partial charge in [0.15, 0.2) is 0 Å². The average Bonchev–Trinajstić information content (AvgIpc) is 3.14. The summed E-state index contributed by atoms with van der Waals surface area (Å²) in [6, 6.07) is 0. The molecule has 0 aromatic carbocycles. The number of epoxide rings is 1. The summed E-state index contributed by atoms with van der Waals surface area (Å²) in [6.45, 7) is 1.84. The van der Waals surface area contributed by atoms with Crippen LogP contribution in [0.2, 0.25) is 0 Å². The minimum Gasteiger partial charge on any atom is -0.460 e. The number of hydrogen-bond acceptors (Lipinski definition) is 5. The molecule has 2 aliphatic heterocycles. The first-order valence-corrected chi connectivity index (χ1v) is 6.65. The van der Waals surface area contributed by atoms with Gasteiger partial charge in [-0.05, 0) is 32.3 Å². The Morgan fingerprint density at radius 1 is 1.21 bits per heavy atom. The van der Waals surface area contributed by atoms with Crippen LogP contribution >= 0.6 is 0 Å². The molecule has 0 aromatic rings. The van der Waals surface area contributed by atoms with Gasteiger partial charge < -0.3 is 19.7 Å². The topological polar surface area (TPSA) is 79.3 Å². The van der Waals surface area contributed by atoms with Gasteiger partial charge >= 0.3 is 5.97 Å². The molecule has 2 heterocycles. The standard InChI is InChI=1S/C14H20O5/c1-9-5-3-2-4-6-10(15)13-14(19-13)11(16)7-8-12(17)18-9/h4,6-11,13-16H,2-3,5H2,1H3. The van der Waals surface area contributed by atoms with E-state index >= 15 is 0 Å². The van der Waals surface area contributed by atoms with Crippen molar-refractivity contribution in [1.29, 1.82) is 0 Å². The number of cyclic esters (lactones) is 1. The zero-order chi connectivity index (χ0) is 13.8. The molecule has 0 bridgehead atoms. The fourth-order valence-electron chi connectivity index (χ4n) is 2.14. The first kappa shape index (κ1) is 14.2. The molecule has 106 valence electrons. The van der Waals surface area contributed by atoms with Gasteiger partial charge in [-0.2, -0.15) is 0 Å². The Balaban J connectivity index is 2.00. The van der Waals surface area contributed by atoms with E-state index in [2.05, 4.69) is 0 Å². The highest BCUT2D eigenvalue weighted by atomic mass is 16.6. The van der Waals surface area contributed by atoms with Gasteiger partial charge in [0, 0.05) is 6.08 Å². The number of aliphatic hydroxyl groups excluding tert-OH is 2. The first-order chi connectivity index (χ1) is 9.08. The molecule has 19 heavy (non-hydrogen) atoms. The van der Waals surface area contributed by atoms with E-state index in [1.807, 2.05) is 13.0 Å². The van der Waals surface area contributed by atoms with Gasteiger partial charge in [0.2, 0.25) is 0 Å². The van der Waals surface area contributed by atoms with E-state index in [0.29, 0.717) is 0 Å². The van der Waals surface area contributed by atoms with Crippen LogP contribution in [-0.2, 0) is 14.3 Å². The Kier molecular flexibility index (Phi) is 4.74. The van der Waals surface area contributed by atoms with Crippen molar-refractivity contribution in [3.05, 3.63) is 24.3 Å². The molecule has 2 rings (SSSR count). The van der Waals surface area contributed by atoms with Crippen molar-refractivity contribution < 1.29 is 24.5 Å². The zero-order valence-corrected chi connectivity index (χ0v) is 10.9. The Bertz CT molecular complexity index is 376. The summed E-state index contributed by atoms with van der Waals surface area (Å²) < 4.78 is 10.4. The third-order valence-electron chi connectivity index (χ3n) is 3.30. The predicted octanol–water partition coefficient (Wildman–Crippen LogP) is 0.704. The Hall–Kier alpha value is -1.17. The average molecular weight is 268 g/mol. The zero-order valence-electron chi connectivity index (χ0n) is 10.9. The van der Waals surface area contributed by atoms with Crippen molar-refractivity contribution in [3.8, 4) is 0 Å². The highest BCUT2D eigenvalue weighted by Gasteiger charge is 2.47. The molecule has 0 aliphatic carbocycles. The van der Waals surface area contributed by atoms with Crippen molar-refractivity contribution in [1.82, 2.24) is 0 Å². The van der Waals surface area contributed by atoms with E-state index in [1.54, 1.807) is 6.08 Å². The number of hydrogen-bond donors (Lipinski definition) is 2. The molecule has 0 amide bonds. The van der Waals surface area contributed by atoms with Crippen molar-refractivity contribution in [2.75, 3.05) is 0 Å². The normalized spacial score (nSPS) is 40.2. The molecule has 5 atom stereocenters. The maximum Gasteiger partial charge on any atom is 0.330 e. The van der Waals surface area contributed by atoms with E-state index in [-0.39, 0.29) is 6.10 Å². The number of esters is 1. The largest absolute Gasteiger partial charge is 0.460 e. The minimum absolute atomic E-state index is 0.152. The van der Waals surface area contributed by atoms with Crippen molar-refractivity contribution in [3.63, 3.8) is 0 Å². The van der Waals surface area contributed by atoms with Crippen LogP contribution in [-0.4, -0.2) is 46.7 Å². The molecular formula is C14H20O5. The second-order valence-electron chi connectivity index (χ2n) is 5.01. The van der Waals surface area contributed by atoms with Gasteiger partial charge in [0.05, 0.1) is 6.10 Å². The molecular weight excluding hydrogens is 248 g/mol. The number of aliphatic hydroxyl groups is 2. The Morgan fingerprint density at radius 2 is 1.89 bits per heavy atom. The third-order valence-corrected chi connectivity index (χ3v) is 3.30. The predicted molar refractivity (Wildman–Crippen MR) is 68.4 cm³/mol. The Labute approximate surface area is 112 Å². The summed E-state index contributed by atoms with van der Waals surface area (Å²) in [5.74, 6) is -0.461. The van der Waals surface area contributed by atoms with Crippen LogP contribution in [0, 0.1) is 0 Å². The van der Waals surface area contributed by atoms with Gasteiger partial charge in [-0.1, -0.05) is 12.2 Å². The molecule has 0 radical (unpaired) electrons. The van der Waals surface area contributed by atoms with Crippen LogP contribution in [0.3, 0.4) is 0 Å². The summed E-state index contributed by atoms with van der Waals surface area (Å²) in [5, 5.41) is 19.6. The summed E-state index contributed by atoms with van der Waals surface area (Å²) >= 11 is 0. The van der Waals surface area contributed by atoms with Gasteiger partial charge in [0.1, 0.15) is 24.4 Å². The number of ether oxygens (including phenoxy) is 2. The summed E-state index contributed by atoms with van der Waals surface area (Å²) in [4.78, 5) is 11.5. The lowest BCUT2D eigenvalue weighted by molar-refractivity contribution is -0.142. The molecule has 2 aliphatic rings. The van der Waals surface area contributed by atoms with E-state index in [9.17, 15) is 15.0 Å². The fraction of sp³-hybridized carbons (Fsp3) is 0.643. The SMILES string of the molecule is CC1CCCC=CC(O)C2OC2C(O)C=CC(=O)O1. The lowest BCUT2D eigenvalue weighted by atomic mass is 10.1. The van der Waals surface area contributed by atoms with Crippen molar-refractivity contribution in [2.24, 2.45) is 0 Å². The van der Waals surface area contributed by atoms with E-state index in [1.165, 1.54) is 12.2 Å². The summed E-state index contributed by atoms with van der Waals surface area (Å²) in [5.41, 5.74) is 0. The highest BCUT2D eigenvalue weighted by molar-refractivity contribution is 5.82. The van der Waals surface area contributed by atoms with Crippen LogP contribution in [0.4, 0.5) is 0 Å². The maximum absolute atomic E-state index is 11.5. The molecule has 5 nitrogen and oxygen atoms in total. The summed E-state index contributed by atoms with van der Waals surface area (Å²) in [6.07, 6.45) is 6.02. The van der Waals surface area contributed by atoms with Crippen LogP contribution in [0.5, 0.6) is 0 Å². The molecule has 0 spiro atoms. The van der Waals surface area contributed by atoms with Gasteiger partial charge in [-0.15, -0.1) is 0 Å². The molecule has 2 N–H and O–H groups in total. The molecule has 5 heteroatoms. The van der Waals surface area contributed by atoms with E-state index in [0.717, 1.165) is 19.3 Å². The van der Waals surface area contributed by atoms with Crippen LogP contribution in [0.15, 0.2) is 24.3 Å². The molecule has 1 saturated heterocycles. The van der Waals surface area contributed by atoms with Gasteiger partial charge in [0.25, 0.3) is 0 Å². The molecule has 1 fully saturated rings. The van der Waals surface area contributed by atoms with Crippen LogP contribution in [0.1, 0.15) is 26.2 Å². The van der Waals surface area contributed by atoms with Gasteiger partial charge in [-0.3, -0.25) is 0 Å². The number of carbonyl (C=O) groups is 1. The fourth-order valence-corrected chi connectivity index (χ4v) is 2.14. The number of allylic oxidation sites excluding steroid dienone is 1.